The number of hydrogen-bond acceptors (Lipinski definition) is 2. The lowest BCUT2D eigenvalue weighted by Gasteiger charge is -2.38. The van der Waals surface area contributed by atoms with Gasteiger partial charge in [0.1, 0.15) is 17.9 Å². The first-order valence-electron chi connectivity index (χ1n) is 6.92. The van der Waals surface area contributed by atoms with Crippen molar-refractivity contribution in [3.05, 3.63) is 35.6 Å². The molecule has 0 aliphatic carbocycles. The second kappa shape index (κ2) is 6.03. The summed E-state index contributed by atoms with van der Waals surface area (Å²) < 4.78 is 13.7. The maximum absolute atomic E-state index is 13.7. The number of nitrogens with zero attached hydrogens (tertiary/aromatic N) is 1. The average Bonchev–Trinajstić information content (AvgIpc) is 2.45. The highest BCUT2D eigenvalue weighted by atomic mass is 19.1. The van der Waals surface area contributed by atoms with Crippen LogP contribution in [0.3, 0.4) is 0 Å². The van der Waals surface area contributed by atoms with Gasteiger partial charge in [-0.2, -0.15) is 0 Å². The summed E-state index contributed by atoms with van der Waals surface area (Å²) in [5, 5.41) is 2.72. The fourth-order valence-corrected chi connectivity index (χ4v) is 2.51. The van der Waals surface area contributed by atoms with Crippen LogP contribution < -0.4 is 5.32 Å². The summed E-state index contributed by atoms with van der Waals surface area (Å²) in [7, 11) is 0. The Bertz CT molecular complexity index is 518. The molecule has 1 heterocycles. The molecular formula is C15H19FN2O2. The smallest absolute Gasteiger partial charge is 0.246 e. The highest BCUT2D eigenvalue weighted by Crippen LogP contribution is 2.19. The Morgan fingerprint density at radius 1 is 1.20 bits per heavy atom. The molecule has 1 aromatic rings. The number of carbonyl (C=O) groups excluding carboxylic acids is 2. The molecule has 1 N–H and O–H groups in total. The molecular weight excluding hydrogens is 259 g/mol. The summed E-state index contributed by atoms with van der Waals surface area (Å²) in [6.45, 7) is 3.82. The van der Waals surface area contributed by atoms with Crippen LogP contribution in [0, 0.1) is 5.82 Å². The molecule has 0 bridgehead atoms. The van der Waals surface area contributed by atoms with Crippen LogP contribution in [0.4, 0.5) is 4.39 Å². The van der Waals surface area contributed by atoms with Crippen LogP contribution in [0.25, 0.3) is 0 Å². The zero-order valence-corrected chi connectivity index (χ0v) is 11.7. The molecule has 5 heteroatoms. The first-order chi connectivity index (χ1) is 9.58. The van der Waals surface area contributed by atoms with E-state index in [0.717, 1.165) is 0 Å². The quantitative estimate of drug-likeness (QED) is 0.913. The highest BCUT2D eigenvalue weighted by molar-refractivity contribution is 5.96. The first kappa shape index (κ1) is 14.5. The number of hydrogen-bond donors (Lipinski definition) is 1. The molecule has 0 radical (unpaired) electrons. The first-order valence-corrected chi connectivity index (χ1v) is 6.92. The van der Waals surface area contributed by atoms with E-state index in [0.29, 0.717) is 18.4 Å². The second-order valence-corrected chi connectivity index (χ2v) is 4.95. The molecule has 1 aromatic carbocycles. The van der Waals surface area contributed by atoms with E-state index in [2.05, 4.69) is 5.32 Å². The van der Waals surface area contributed by atoms with Crippen molar-refractivity contribution in [1.29, 1.82) is 0 Å². The lowest BCUT2D eigenvalue weighted by atomic mass is 10.0. The lowest BCUT2D eigenvalue weighted by Crippen LogP contribution is -2.62. The van der Waals surface area contributed by atoms with Crippen LogP contribution >= 0.6 is 0 Å². The molecule has 0 aromatic heterocycles. The van der Waals surface area contributed by atoms with Gasteiger partial charge in [0.25, 0.3) is 0 Å². The number of amides is 2. The molecule has 0 saturated carbocycles. The lowest BCUT2D eigenvalue weighted by molar-refractivity contribution is -0.150. The average molecular weight is 278 g/mol. The van der Waals surface area contributed by atoms with Gasteiger partial charge in [0, 0.05) is 12.1 Å². The van der Waals surface area contributed by atoms with Gasteiger partial charge in [0.2, 0.25) is 11.8 Å². The maximum Gasteiger partial charge on any atom is 0.246 e. The maximum atomic E-state index is 13.7. The van der Waals surface area contributed by atoms with Crippen LogP contribution in [0.5, 0.6) is 0 Å². The fraction of sp³-hybridized carbons (Fsp3) is 0.467. The Balaban J connectivity index is 2.27. The molecule has 0 spiro atoms. The van der Waals surface area contributed by atoms with Crippen molar-refractivity contribution in [3.8, 4) is 0 Å². The van der Waals surface area contributed by atoms with Crippen molar-refractivity contribution in [2.75, 3.05) is 0 Å². The van der Waals surface area contributed by atoms with Crippen molar-refractivity contribution in [2.24, 2.45) is 0 Å². The van der Waals surface area contributed by atoms with Crippen molar-refractivity contribution < 1.29 is 14.0 Å². The molecule has 20 heavy (non-hydrogen) atoms. The summed E-state index contributed by atoms with van der Waals surface area (Å²) >= 11 is 0. The summed E-state index contributed by atoms with van der Waals surface area (Å²) in [5.74, 6) is -0.647. The van der Waals surface area contributed by atoms with Gasteiger partial charge in [-0.25, -0.2) is 4.39 Å². The van der Waals surface area contributed by atoms with E-state index in [9.17, 15) is 14.0 Å². The SMILES string of the molecule is CCC1NC(=O)C(CC)N(Cc2ccccc2F)C1=O. The minimum absolute atomic E-state index is 0.133. The Hall–Kier alpha value is -1.91. The molecule has 2 amide bonds. The van der Waals surface area contributed by atoms with E-state index in [-0.39, 0.29) is 24.2 Å². The van der Waals surface area contributed by atoms with E-state index in [1.54, 1.807) is 18.2 Å². The van der Waals surface area contributed by atoms with Gasteiger partial charge in [-0.15, -0.1) is 0 Å². The summed E-state index contributed by atoms with van der Waals surface area (Å²) in [4.78, 5) is 25.9. The van der Waals surface area contributed by atoms with Gasteiger partial charge in [-0.1, -0.05) is 32.0 Å². The summed E-state index contributed by atoms with van der Waals surface area (Å²) in [6.07, 6.45) is 1.05. The third-order valence-corrected chi connectivity index (χ3v) is 3.67. The van der Waals surface area contributed by atoms with Gasteiger partial charge < -0.3 is 10.2 Å². The fourth-order valence-electron chi connectivity index (χ4n) is 2.51. The Morgan fingerprint density at radius 2 is 1.90 bits per heavy atom. The van der Waals surface area contributed by atoms with Crippen molar-refractivity contribution >= 4 is 11.8 Å². The van der Waals surface area contributed by atoms with E-state index < -0.39 is 12.1 Å². The zero-order valence-electron chi connectivity index (χ0n) is 11.7. The van der Waals surface area contributed by atoms with E-state index in [4.69, 9.17) is 0 Å². The van der Waals surface area contributed by atoms with E-state index >= 15 is 0 Å². The van der Waals surface area contributed by atoms with Gasteiger partial charge in [-0.05, 0) is 18.9 Å². The summed E-state index contributed by atoms with van der Waals surface area (Å²) in [5.41, 5.74) is 0.434. The van der Waals surface area contributed by atoms with Gasteiger partial charge in [0.15, 0.2) is 0 Å². The number of nitrogens with one attached hydrogen (secondary N) is 1. The van der Waals surface area contributed by atoms with Crippen LogP contribution in [0.2, 0.25) is 0 Å². The van der Waals surface area contributed by atoms with Crippen LogP contribution in [0.1, 0.15) is 32.3 Å². The molecule has 2 atom stereocenters. The minimum Gasteiger partial charge on any atom is -0.343 e. The molecule has 108 valence electrons. The number of halogens is 1. The van der Waals surface area contributed by atoms with Crippen molar-refractivity contribution in [1.82, 2.24) is 10.2 Å². The third kappa shape index (κ3) is 2.66. The number of piperazine rings is 1. The zero-order chi connectivity index (χ0) is 14.7. The summed E-state index contributed by atoms with van der Waals surface area (Å²) in [6, 6.07) is 5.31. The van der Waals surface area contributed by atoms with Crippen LogP contribution in [0.15, 0.2) is 24.3 Å². The van der Waals surface area contributed by atoms with Crippen molar-refractivity contribution in [2.45, 2.75) is 45.3 Å². The second-order valence-electron chi connectivity index (χ2n) is 4.95. The molecule has 1 aliphatic rings. The Morgan fingerprint density at radius 3 is 2.50 bits per heavy atom. The predicted octanol–water partition coefficient (Wildman–Crippen LogP) is 1.84. The van der Waals surface area contributed by atoms with Crippen molar-refractivity contribution in [3.63, 3.8) is 0 Å². The van der Waals surface area contributed by atoms with Gasteiger partial charge in [0.05, 0.1) is 0 Å². The van der Waals surface area contributed by atoms with E-state index in [1.807, 2.05) is 13.8 Å². The highest BCUT2D eigenvalue weighted by Gasteiger charge is 2.38. The van der Waals surface area contributed by atoms with Crippen LogP contribution in [-0.2, 0) is 16.1 Å². The van der Waals surface area contributed by atoms with Crippen LogP contribution in [-0.4, -0.2) is 28.8 Å². The Kier molecular flexibility index (Phi) is 4.37. The molecule has 2 unspecified atom stereocenters. The number of benzene rings is 1. The minimum atomic E-state index is -0.523. The molecule has 1 aliphatic heterocycles. The van der Waals surface area contributed by atoms with E-state index in [1.165, 1.54) is 11.0 Å². The van der Waals surface area contributed by atoms with Gasteiger partial charge >= 0.3 is 0 Å². The number of carbonyl (C=O) groups is 2. The topological polar surface area (TPSA) is 49.4 Å². The standard InChI is InChI=1S/C15H19FN2O2/c1-3-12-15(20)18(13(4-2)14(19)17-12)9-10-7-5-6-8-11(10)16/h5-8,12-13H,3-4,9H2,1-2H3,(H,17,19). The molecule has 1 fully saturated rings. The molecule has 4 nitrogen and oxygen atoms in total. The normalized spacial score (nSPS) is 22.9. The number of rotatable bonds is 4. The largest absolute Gasteiger partial charge is 0.343 e. The monoisotopic (exact) mass is 278 g/mol. The third-order valence-electron chi connectivity index (χ3n) is 3.67. The van der Waals surface area contributed by atoms with Gasteiger partial charge in [-0.3, -0.25) is 9.59 Å². The molecule has 2 rings (SSSR count). The molecule has 1 saturated heterocycles. The predicted molar refractivity (Wildman–Crippen MR) is 73.3 cm³/mol. The Labute approximate surface area is 118 Å².